The Morgan fingerprint density at radius 2 is 2.24 bits per heavy atom. The van der Waals surface area contributed by atoms with E-state index in [0.29, 0.717) is 11.8 Å². The van der Waals surface area contributed by atoms with Crippen LogP contribution >= 0.6 is 11.6 Å². The molecule has 1 aliphatic rings. The molecule has 0 spiro atoms. The van der Waals surface area contributed by atoms with Crippen molar-refractivity contribution in [3.63, 3.8) is 0 Å². The van der Waals surface area contributed by atoms with Gasteiger partial charge in [-0.2, -0.15) is 0 Å². The Kier molecular flexibility index (Phi) is 4.87. The molecule has 2 atom stereocenters. The molecule has 0 saturated heterocycles. The summed E-state index contributed by atoms with van der Waals surface area (Å²) in [6.07, 6.45) is 3.90. The monoisotopic (exact) mass is 251 g/mol. The Bertz CT molecular complexity index is 351. The molecular weight excluding hydrogens is 230 g/mol. The zero-order chi connectivity index (χ0) is 12.1. The largest absolute Gasteiger partial charge is 0.316 e. The van der Waals surface area contributed by atoms with E-state index in [1.165, 1.54) is 19.3 Å². The van der Waals surface area contributed by atoms with Crippen molar-refractivity contribution in [1.82, 2.24) is 5.32 Å². The highest BCUT2D eigenvalue weighted by atomic mass is 35.5. The van der Waals surface area contributed by atoms with Crippen LogP contribution in [0.3, 0.4) is 0 Å². The molecule has 1 aliphatic carbocycles. The highest BCUT2D eigenvalue weighted by Crippen LogP contribution is 2.30. The van der Waals surface area contributed by atoms with Gasteiger partial charge in [0, 0.05) is 12.4 Å². The third-order valence-corrected chi connectivity index (χ3v) is 4.17. The summed E-state index contributed by atoms with van der Waals surface area (Å²) in [4.78, 5) is 0. The minimum atomic E-state index is 0.565. The van der Waals surface area contributed by atoms with Crippen LogP contribution in [-0.2, 0) is 6.42 Å². The van der Waals surface area contributed by atoms with Gasteiger partial charge in [0.15, 0.2) is 0 Å². The van der Waals surface area contributed by atoms with Crippen LogP contribution in [-0.4, -0.2) is 19.0 Å². The van der Waals surface area contributed by atoms with Crippen molar-refractivity contribution in [2.24, 2.45) is 5.92 Å². The molecule has 1 N–H and O–H groups in total. The molecule has 1 aromatic carbocycles. The Labute approximate surface area is 110 Å². The molecule has 0 aromatic heterocycles. The molecule has 0 saturated carbocycles. The van der Waals surface area contributed by atoms with Gasteiger partial charge in [-0.1, -0.05) is 31.2 Å². The lowest BCUT2D eigenvalue weighted by atomic mass is 9.83. The molecule has 2 unspecified atom stereocenters. The van der Waals surface area contributed by atoms with E-state index in [1.54, 1.807) is 11.1 Å². The molecule has 17 heavy (non-hydrogen) atoms. The molecular formula is C15H22ClN. The highest BCUT2D eigenvalue weighted by Gasteiger charge is 2.19. The minimum absolute atomic E-state index is 0.565. The highest BCUT2D eigenvalue weighted by molar-refractivity contribution is 6.18. The van der Waals surface area contributed by atoms with Crippen LogP contribution in [0.25, 0.3) is 0 Å². The van der Waals surface area contributed by atoms with Crippen molar-refractivity contribution in [2.45, 2.75) is 32.1 Å². The third-order valence-electron chi connectivity index (χ3n) is 3.64. The fraction of sp³-hybridized carbons (Fsp3) is 0.600. The zero-order valence-electron chi connectivity index (χ0n) is 10.6. The molecule has 0 aliphatic heterocycles. The summed E-state index contributed by atoms with van der Waals surface area (Å²) in [5, 5.41) is 3.56. The second kappa shape index (κ2) is 6.42. The zero-order valence-corrected chi connectivity index (χ0v) is 11.3. The Morgan fingerprint density at radius 3 is 3.06 bits per heavy atom. The number of rotatable bonds is 5. The number of fused-ring (bicyclic) bond motifs is 1. The van der Waals surface area contributed by atoms with Crippen molar-refractivity contribution in [3.05, 3.63) is 35.4 Å². The number of alkyl halides is 1. The van der Waals surface area contributed by atoms with E-state index in [-0.39, 0.29) is 0 Å². The van der Waals surface area contributed by atoms with Crippen molar-refractivity contribution in [2.75, 3.05) is 19.0 Å². The summed E-state index contributed by atoms with van der Waals surface area (Å²) < 4.78 is 0. The molecule has 1 aromatic rings. The van der Waals surface area contributed by atoms with Crippen LogP contribution in [0.2, 0.25) is 0 Å². The lowest BCUT2D eigenvalue weighted by Gasteiger charge is -2.26. The summed E-state index contributed by atoms with van der Waals surface area (Å²) in [7, 11) is 0. The second-order valence-corrected chi connectivity index (χ2v) is 5.51. The first-order valence-electron chi connectivity index (χ1n) is 6.65. The van der Waals surface area contributed by atoms with Gasteiger partial charge in [-0.25, -0.2) is 0 Å². The predicted octanol–water partition coefficient (Wildman–Crippen LogP) is 3.57. The van der Waals surface area contributed by atoms with Crippen molar-refractivity contribution >= 4 is 11.6 Å². The maximum atomic E-state index is 5.81. The summed E-state index contributed by atoms with van der Waals surface area (Å²) >= 11 is 5.81. The molecule has 2 heteroatoms. The van der Waals surface area contributed by atoms with Crippen LogP contribution in [0.1, 0.15) is 36.8 Å². The summed E-state index contributed by atoms with van der Waals surface area (Å²) in [5.74, 6) is 2.01. The van der Waals surface area contributed by atoms with E-state index in [9.17, 15) is 0 Å². The van der Waals surface area contributed by atoms with Gasteiger partial charge in [0.25, 0.3) is 0 Å². The molecule has 0 fully saturated rings. The average Bonchev–Trinajstić information content (AvgIpc) is 2.39. The number of aryl methyl sites for hydroxylation is 1. The minimum Gasteiger partial charge on any atom is -0.316 e. The quantitative estimate of drug-likeness (QED) is 0.789. The summed E-state index contributed by atoms with van der Waals surface area (Å²) in [5.41, 5.74) is 3.11. The lowest BCUT2D eigenvalue weighted by molar-refractivity contribution is 0.478. The van der Waals surface area contributed by atoms with E-state index in [2.05, 4.69) is 36.5 Å². The first-order chi connectivity index (χ1) is 8.31. The standard InChI is InChI=1S/C15H22ClN/c1-12(9-16)10-17-11-14-7-4-6-13-5-2-3-8-15(13)14/h2-3,5,8,12,14,17H,4,6-7,9-11H2,1H3. The number of hydrogen-bond donors (Lipinski definition) is 1. The number of nitrogens with one attached hydrogen (secondary N) is 1. The van der Waals surface area contributed by atoms with Crippen LogP contribution in [0.4, 0.5) is 0 Å². The Balaban J connectivity index is 1.90. The fourth-order valence-corrected chi connectivity index (χ4v) is 2.73. The van der Waals surface area contributed by atoms with E-state index in [0.717, 1.165) is 19.0 Å². The van der Waals surface area contributed by atoms with Crippen LogP contribution in [0, 0.1) is 5.92 Å². The Morgan fingerprint density at radius 1 is 1.41 bits per heavy atom. The third kappa shape index (κ3) is 3.46. The smallest absolute Gasteiger partial charge is 0.0261 e. The number of halogens is 1. The number of hydrogen-bond acceptors (Lipinski definition) is 1. The van der Waals surface area contributed by atoms with Crippen molar-refractivity contribution in [1.29, 1.82) is 0 Å². The first kappa shape index (κ1) is 12.9. The molecule has 0 bridgehead atoms. The van der Waals surface area contributed by atoms with Crippen LogP contribution in [0.15, 0.2) is 24.3 Å². The molecule has 2 rings (SSSR count). The topological polar surface area (TPSA) is 12.0 Å². The van der Waals surface area contributed by atoms with Gasteiger partial charge < -0.3 is 5.32 Å². The van der Waals surface area contributed by atoms with Gasteiger partial charge in [0.05, 0.1) is 0 Å². The van der Waals surface area contributed by atoms with E-state index in [4.69, 9.17) is 11.6 Å². The van der Waals surface area contributed by atoms with E-state index >= 15 is 0 Å². The maximum Gasteiger partial charge on any atom is 0.0261 e. The molecule has 94 valence electrons. The normalized spacial score (nSPS) is 20.9. The Hall–Kier alpha value is -0.530. The molecule has 1 nitrogen and oxygen atoms in total. The SMILES string of the molecule is CC(CCl)CNCC1CCCc2ccccc21. The first-order valence-corrected chi connectivity index (χ1v) is 7.19. The molecule has 0 radical (unpaired) electrons. The summed E-state index contributed by atoms with van der Waals surface area (Å²) in [6.45, 7) is 4.31. The lowest BCUT2D eigenvalue weighted by Crippen LogP contribution is -2.28. The average molecular weight is 252 g/mol. The van der Waals surface area contributed by atoms with Gasteiger partial charge in [-0.05, 0) is 48.8 Å². The number of benzene rings is 1. The van der Waals surface area contributed by atoms with E-state index < -0.39 is 0 Å². The maximum absolute atomic E-state index is 5.81. The predicted molar refractivity (Wildman–Crippen MR) is 74.9 cm³/mol. The van der Waals surface area contributed by atoms with E-state index in [1.807, 2.05) is 0 Å². The fourth-order valence-electron chi connectivity index (χ4n) is 2.63. The van der Waals surface area contributed by atoms with Gasteiger partial charge in [0.2, 0.25) is 0 Å². The van der Waals surface area contributed by atoms with Crippen LogP contribution in [0.5, 0.6) is 0 Å². The van der Waals surface area contributed by atoms with Crippen molar-refractivity contribution < 1.29 is 0 Å². The molecule has 0 amide bonds. The van der Waals surface area contributed by atoms with Gasteiger partial charge in [-0.15, -0.1) is 11.6 Å². The van der Waals surface area contributed by atoms with Crippen molar-refractivity contribution in [3.8, 4) is 0 Å². The van der Waals surface area contributed by atoms with Gasteiger partial charge in [0.1, 0.15) is 0 Å². The van der Waals surface area contributed by atoms with Crippen LogP contribution < -0.4 is 5.32 Å². The summed E-state index contributed by atoms with van der Waals surface area (Å²) in [6, 6.07) is 8.90. The van der Waals surface area contributed by atoms with Gasteiger partial charge >= 0.3 is 0 Å². The molecule has 0 heterocycles. The second-order valence-electron chi connectivity index (χ2n) is 5.21. The van der Waals surface area contributed by atoms with Gasteiger partial charge in [-0.3, -0.25) is 0 Å².